The van der Waals surface area contributed by atoms with Crippen LogP contribution in [0.3, 0.4) is 0 Å². The lowest BCUT2D eigenvalue weighted by atomic mass is 9.80. The molecule has 2 heterocycles. The zero-order valence-electron chi connectivity index (χ0n) is 20.5. The highest BCUT2D eigenvalue weighted by molar-refractivity contribution is 7.92. The van der Waals surface area contributed by atoms with Crippen molar-refractivity contribution in [3.05, 3.63) is 53.1 Å². The van der Waals surface area contributed by atoms with E-state index in [2.05, 4.69) is 14.3 Å². The van der Waals surface area contributed by atoms with E-state index < -0.39 is 31.8 Å². The molecule has 1 aliphatic carbocycles. The van der Waals surface area contributed by atoms with Gasteiger partial charge in [-0.2, -0.15) is 0 Å². The van der Waals surface area contributed by atoms with Gasteiger partial charge in [0, 0.05) is 42.5 Å². The Bertz CT molecular complexity index is 1370. The Labute approximate surface area is 213 Å². The number of ether oxygens (including phenoxy) is 1. The van der Waals surface area contributed by atoms with E-state index in [0.29, 0.717) is 35.2 Å². The van der Waals surface area contributed by atoms with Crippen molar-refractivity contribution in [3.63, 3.8) is 0 Å². The van der Waals surface area contributed by atoms with Gasteiger partial charge in [0.15, 0.2) is 0 Å². The number of fused-ring (bicyclic) bond motifs is 2. The van der Waals surface area contributed by atoms with Crippen LogP contribution in [0.2, 0.25) is 0 Å². The molecule has 0 amide bonds. The minimum atomic E-state index is -3.40. The number of likely N-dealkylation sites (tertiary alicyclic amines) is 1. The largest absolute Gasteiger partial charge is 0.487 e. The molecule has 0 aromatic heterocycles. The van der Waals surface area contributed by atoms with Crippen molar-refractivity contribution in [3.8, 4) is 5.75 Å². The summed E-state index contributed by atoms with van der Waals surface area (Å²) in [5.74, 6) is 0.617. The van der Waals surface area contributed by atoms with Gasteiger partial charge in [-0.3, -0.25) is 14.3 Å². The van der Waals surface area contributed by atoms with Crippen LogP contribution >= 0.6 is 0 Å². The SMILES string of the molecule is CS(=O)(=O)Nc1ccc2c(c1)CC[C@@H](N1CCC3(CC1)CC(O)c1cc(NS(C)(=O)=O)ccc1O3)C2. The predicted octanol–water partition coefficient (Wildman–Crippen LogP) is 2.64. The van der Waals surface area contributed by atoms with Crippen LogP contribution in [0.5, 0.6) is 5.75 Å². The number of hydrogen-bond donors (Lipinski definition) is 3. The number of aryl methyl sites for hydroxylation is 1. The number of piperidine rings is 1. The van der Waals surface area contributed by atoms with Crippen molar-refractivity contribution < 1.29 is 26.7 Å². The van der Waals surface area contributed by atoms with Crippen LogP contribution in [0.25, 0.3) is 0 Å². The maximum atomic E-state index is 11.6. The lowest BCUT2D eigenvalue weighted by molar-refractivity contribution is -0.0608. The van der Waals surface area contributed by atoms with Crippen LogP contribution in [0.1, 0.15) is 48.5 Å². The fraction of sp³-hybridized carbons (Fsp3) is 0.520. The molecule has 0 saturated carbocycles. The summed E-state index contributed by atoms with van der Waals surface area (Å²) in [4.78, 5) is 2.52. The van der Waals surface area contributed by atoms with Crippen molar-refractivity contribution in [2.24, 2.45) is 0 Å². The Hall–Kier alpha value is -2.34. The molecule has 3 aliphatic rings. The number of anilines is 2. The minimum Gasteiger partial charge on any atom is -0.487 e. The van der Waals surface area contributed by atoms with Gasteiger partial charge in [-0.15, -0.1) is 0 Å². The number of rotatable bonds is 5. The van der Waals surface area contributed by atoms with E-state index in [9.17, 15) is 21.9 Å². The fourth-order valence-corrected chi connectivity index (χ4v) is 6.95. The summed E-state index contributed by atoms with van der Waals surface area (Å²) in [5, 5.41) is 10.9. The Morgan fingerprint density at radius 1 is 0.944 bits per heavy atom. The zero-order valence-corrected chi connectivity index (χ0v) is 22.2. The Balaban J connectivity index is 1.22. The van der Waals surface area contributed by atoms with Gasteiger partial charge in [-0.25, -0.2) is 16.8 Å². The second kappa shape index (κ2) is 9.20. The number of nitrogens with one attached hydrogen (secondary N) is 2. The van der Waals surface area contributed by atoms with Gasteiger partial charge in [0.25, 0.3) is 0 Å². The van der Waals surface area contributed by atoms with Gasteiger partial charge in [-0.05, 0) is 73.6 Å². The number of nitrogens with zero attached hydrogens (tertiary/aromatic N) is 1. The van der Waals surface area contributed by atoms with Gasteiger partial charge in [0.2, 0.25) is 20.0 Å². The number of sulfonamides is 2. The molecule has 2 atom stereocenters. The molecule has 11 heteroatoms. The normalized spacial score (nSPS) is 23.9. The van der Waals surface area contributed by atoms with Crippen molar-refractivity contribution in [2.75, 3.05) is 35.0 Å². The topological polar surface area (TPSA) is 125 Å². The lowest BCUT2D eigenvalue weighted by Crippen LogP contribution is -2.53. The molecule has 9 nitrogen and oxygen atoms in total. The number of aliphatic hydroxyl groups is 1. The summed E-state index contributed by atoms with van der Waals surface area (Å²) >= 11 is 0. The second-order valence-corrected chi connectivity index (χ2v) is 13.9. The standard InChI is InChI=1S/C25H33N3O6S2/c1-35(30,31)26-19-5-3-18-14-21(7-4-17(18)13-19)28-11-9-25(10-12-28)16-23(29)22-15-20(27-36(2,32)33)6-8-24(22)34-25/h3,5-6,8,13,15,21,23,26-27,29H,4,7,9-12,14,16H2,1-2H3/t21-,23?/m1/s1. The van der Waals surface area contributed by atoms with Crippen LogP contribution in [0.15, 0.2) is 36.4 Å². The summed E-state index contributed by atoms with van der Waals surface area (Å²) in [5.41, 5.74) is 3.69. The molecule has 5 rings (SSSR count). The first-order chi connectivity index (χ1) is 16.9. The van der Waals surface area contributed by atoms with Crippen LogP contribution in [0, 0.1) is 0 Å². The Morgan fingerprint density at radius 3 is 2.25 bits per heavy atom. The average Bonchev–Trinajstić information content (AvgIpc) is 2.78. The van der Waals surface area contributed by atoms with Gasteiger partial charge < -0.3 is 9.84 Å². The van der Waals surface area contributed by atoms with Crippen molar-refractivity contribution in [1.82, 2.24) is 4.90 Å². The second-order valence-electron chi connectivity index (χ2n) is 10.4. The first-order valence-corrected chi connectivity index (χ1v) is 16.0. The molecule has 2 aromatic rings. The summed E-state index contributed by atoms with van der Waals surface area (Å²) in [7, 11) is -6.69. The van der Waals surface area contributed by atoms with Gasteiger partial charge in [0.1, 0.15) is 11.4 Å². The first-order valence-electron chi connectivity index (χ1n) is 12.2. The maximum absolute atomic E-state index is 11.6. The molecule has 1 saturated heterocycles. The minimum absolute atomic E-state index is 0.418. The summed E-state index contributed by atoms with van der Waals surface area (Å²) < 4.78 is 57.6. The van der Waals surface area contributed by atoms with Crippen molar-refractivity contribution in [1.29, 1.82) is 0 Å². The summed E-state index contributed by atoms with van der Waals surface area (Å²) in [6.07, 6.45) is 6.52. The maximum Gasteiger partial charge on any atom is 0.229 e. The highest BCUT2D eigenvalue weighted by atomic mass is 32.2. The smallest absolute Gasteiger partial charge is 0.229 e. The highest BCUT2D eigenvalue weighted by Gasteiger charge is 2.44. The summed E-state index contributed by atoms with van der Waals surface area (Å²) in [6.45, 7) is 1.76. The molecule has 1 fully saturated rings. The molecule has 0 bridgehead atoms. The van der Waals surface area contributed by atoms with Crippen LogP contribution in [0.4, 0.5) is 11.4 Å². The molecule has 36 heavy (non-hydrogen) atoms. The van der Waals surface area contributed by atoms with Crippen LogP contribution < -0.4 is 14.2 Å². The van der Waals surface area contributed by atoms with Crippen LogP contribution in [-0.4, -0.2) is 64.1 Å². The van der Waals surface area contributed by atoms with Gasteiger partial charge >= 0.3 is 0 Å². The predicted molar refractivity (Wildman–Crippen MR) is 139 cm³/mol. The molecule has 1 unspecified atom stereocenters. The highest BCUT2D eigenvalue weighted by Crippen LogP contribution is 2.45. The summed E-state index contributed by atoms with van der Waals surface area (Å²) in [6, 6.07) is 11.3. The number of aliphatic hydroxyl groups excluding tert-OH is 1. The number of benzene rings is 2. The average molecular weight is 536 g/mol. The van der Waals surface area contributed by atoms with E-state index in [1.807, 2.05) is 18.2 Å². The molecular weight excluding hydrogens is 502 g/mol. The third-order valence-electron chi connectivity index (χ3n) is 7.50. The molecule has 0 radical (unpaired) electrons. The molecule has 1 spiro atoms. The van der Waals surface area contributed by atoms with E-state index in [0.717, 1.165) is 57.7 Å². The Morgan fingerprint density at radius 2 is 1.58 bits per heavy atom. The van der Waals surface area contributed by atoms with E-state index in [4.69, 9.17) is 4.74 Å². The zero-order chi connectivity index (χ0) is 25.7. The molecular formula is C25H33N3O6S2. The van der Waals surface area contributed by atoms with Gasteiger partial charge in [-0.1, -0.05) is 6.07 Å². The van der Waals surface area contributed by atoms with Crippen molar-refractivity contribution >= 4 is 31.4 Å². The van der Waals surface area contributed by atoms with E-state index in [1.54, 1.807) is 18.2 Å². The van der Waals surface area contributed by atoms with E-state index in [-0.39, 0.29) is 0 Å². The van der Waals surface area contributed by atoms with Crippen molar-refractivity contribution in [2.45, 2.75) is 56.3 Å². The molecule has 2 aliphatic heterocycles. The monoisotopic (exact) mass is 535 g/mol. The molecule has 196 valence electrons. The Kier molecular flexibility index (Phi) is 6.47. The quantitative estimate of drug-likeness (QED) is 0.538. The first kappa shape index (κ1) is 25.3. The third-order valence-corrected chi connectivity index (χ3v) is 8.71. The van der Waals surface area contributed by atoms with Crippen LogP contribution in [-0.2, 0) is 32.9 Å². The third kappa shape index (κ3) is 5.64. The van der Waals surface area contributed by atoms with Gasteiger partial charge in [0.05, 0.1) is 18.6 Å². The lowest BCUT2D eigenvalue weighted by Gasteiger charge is -2.48. The fourth-order valence-electron chi connectivity index (χ4n) is 5.84. The van der Waals surface area contributed by atoms with E-state index >= 15 is 0 Å². The van der Waals surface area contributed by atoms with E-state index in [1.165, 1.54) is 11.1 Å². The molecule has 2 aromatic carbocycles. The molecule has 3 N–H and O–H groups in total. The number of hydrogen-bond acceptors (Lipinski definition) is 7.